The minimum absolute atomic E-state index is 0.00553. The molecule has 0 aliphatic rings. The molecule has 0 spiro atoms. The Balaban J connectivity index is 1.44. The second-order valence-corrected chi connectivity index (χ2v) is 7.48. The summed E-state index contributed by atoms with van der Waals surface area (Å²) in [4.78, 5) is 40.4. The second kappa shape index (κ2) is 11.6. The van der Waals surface area contributed by atoms with E-state index in [2.05, 4.69) is 10.3 Å². The van der Waals surface area contributed by atoms with Gasteiger partial charge in [-0.15, -0.1) is 0 Å². The second-order valence-electron chi connectivity index (χ2n) is 7.48. The minimum Gasteiger partial charge on any atom is -0.467 e. The van der Waals surface area contributed by atoms with Crippen LogP contribution in [-0.4, -0.2) is 42.6 Å². The van der Waals surface area contributed by atoms with Gasteiger partial charge in [-0.2, -0.15) is 0 Å². The molecule has 2 aromatic carbocycles. The maximum Gasteiger partial charge on any atom is 0.328 e. The van der Waals surface area contributed by atoms with Crippen LogP contribution in [0.4, 0.5) is 0 Å². The van der Waals surface area contributed by atoms with E-state index in [1.54, 1.807) is 6.20 Å². The van der Waals surface area contributed by atoms with Gasteiger partial charge >= 0.3 is 11.9 Å². The number of aryl methyl sites for hydroxylation is 2. The molecular weight excluding hydrogens is 424 g/mol. The smallest absolute Gasteiger partial charge is 0.328 e. The Labute approximate surface area is 191 Å². The van der Waals surface area contributed by atoms with Gasteiger partial charge in [-0.3, -0.25) is 9.59 Å². The summed E-state index contributed by atoms with van der Waals surface area (Å²) in [6.07, 6.45) is 2.12. The monoisotopic (exact) mass is 450 g/mol. The van der Waals surface area contributed by atoms with Crippen molar-refractivity contribution in [3.63, 3.8) is 0 Å². The van der Waals surface area contributed by atoms with Gasteiger partial charge in [0.05, 0.1) is 19.7 Å². The number of nitrogens with one attached hydrogen (secondary N) is 1. The first-order chi connectivity index (χ1) is 15.9. The van der Waals surface area contributed by atoms with E-state index in [1.165, 1.54) is 7.11 Å². The molecule has 8 heteroatoms. The van der Waals surface area contributed by atoms with Crippen LogP contribution in [0.5, 0.6) is 0 Å². The van der Waals surface area contributed by atoms with E-state index in [9.17, 15) is 14.4 Å². The molecule has 0 aliphatic heterocycles. The molecule has 1 aromatic heterocycles. The Hall–Kier alpha value is -3.94. The predicted molar refractivity (Wildman–Crippen MR) is 120 cm³/mol. The molecule has 0 radical (unpaired) electrons. The molecular formula is C25H26N2O6. The van der Waals surface area contributed by atoms with E-state index in [0.29, 0.717) is 11.7 Å². The minimum atomic E-state index is -0.879. The number of hydrogen-bond acceptors (Lipinski definition) is 7. The number of rotatable bonds is 10. The first kappa shape index (κ1) is 23.7. The Morgan fingerprint density at radius 3 is 2.48 bits per heavy atom. The van der Waals surface area contributed by atoms with Crippen molar-refractivity contribution in [2.75, 3.05) is 13.7 Å². The summed E-state index contributed by atoms with van der Waals surface area (Å²) < 4.78 is 15.5. The van der Waals surface area contributed by atoms with Crippen LogP contribution in [0, 0.1) is 6.92 Å². The van der Waals surface area contributed by atoms with Gasteiger partial charge in [0.1, 0.15) is 6.04 Å². The third kappa shape index (κ3) is 7.31. The Morgan fingerprint density at radius 1 is 1.06 bits per heavy atom. The number of carbonyl (C=O) groups is 3. The van der Waals surface area contributed by atoms with Crippen molar-refractivity contribution in [3.05, 3.63) is 77.8 Å². The van der Waals surface area contributed by atoms with E-state index in [4.69, 9.17) is 13.9 Å². The summed E-state index contributed by atoms with van der Waals surface area (Å²) in [7, 11) is 1.25. The molecule has 1 amide bonds. The number of amides is 1. The Bertz CT molecular complexity index is 1080. The van der Waals surface area contributed by atoms with Crippen LogP contribution in [0.2, 0.25) is 0 Å². The summed E-state index contributed by atoms with van der Waals surface area (Å²) in [6, 6.07) is 16.2. The zero-order chi connectivity index (χ0) is 23.6. The average Bonchev–Trinajstić information content (AvgIpc) is 3.30. The predicted octanol–water partition coefficient (Wildman–Crippen LogP) is 3.03. The topological polar surface area (TPSA) is 108 Å². The number of oxazole rings is 1. The van der Waals surface area contributed by atoms with Crippen LogP contribution < -0.4 is 5.32 Å². The Morgan fingerprint density at radius 2 is 1.79 bits per heavy atom. The highest BCUT2D eigenvalue weighted by Crippen LogP contribution is 2.21. The van der Waals surface area contributed by atoms with E-state index in [-0.39, 0.29) is 19.3 Å². The molecule has 33 heavy (non-hydrogen) atoms. The van der Waals surface area contributed by atoms with Crippen molar-refractivity contribution >= 4 is 17.8 Å². The molecule has 172 valence electrons. The summed E-state index contributed by atoms with van der Waals surface area (Å²) >= 11 is 0. The molecule has 0 saturated heterocycles. The molecule has 1 N–H and O–H groups in total. The zero-order valence-corrected chi connectivity index (χ0v) is 18.6. The summed E-state index contributed by atoms with van der Waals surface area (Å²) in [6.45, 7) is 1.50. The third-order valence-electron chi connectivity index (χ3n) is 4.90. The SMILES string of the molecule is COC(=O)C(Cc1ccccc1)NC(=O)COC(=O)CCc1ncc(-c2ccc(C)cc2)o1. The molecule has 3 rings (SSSR count). The van der Waals surface area contributed by atoms with E-state index < -0.39 is 30.5 Å². The number of ether oxygens (including phenoxy) is 2. The first-order valence-electron chi connectivity index (χ1n) is 10.5. The standard InChI is InChI=1S/C25H26N2O6/c1-17-8-10-19(11-9-17)21-15-26-23(33-21)12-13-24(29)32-16-22(28)27-20(25(30)31-2)14-18-6-4-3-5-7-18/h3-11,15,20H,12-14,16H2,1-2H3,(H,27,28). The van der Waals surface area contributed by atoms with Crippen LogP contribution in [0.25, 0.3) is 11.3 Å². The van der Waals surface area contributed by atoms with Crippen molar-refractivity contribution in [1.29, 1.82) is 0 Å². The number of benzene rings is 2. The van der Waals surface area contributed by atoms with E-state index >= 15 is 0 Å². The van der Waals surface area contributed by atoms with Crippen molar-refractivity contribution in [3.8, 4) is 11.3 Å². The van der Waals surface area contributed by atoms with Crippen LogP contribution in [0.3, 0.4) is 0 Å². The van der Waals surface area contributed by atoms with Crippen LogP contribution in [-0.2, 0) is 36.7 Å². The van der Waals surface area contributed by atoms with Gasteiger partial charge in [-0.05, 0) is 12.5 Å². The van der Waals surface area contributed by atoms with Crippen molar-refractivity contribution in [2.45, 2.75) is 32.2 Å². The highest BCUT2D eigenvalue weighted by molar-refractivity contribution is 5.86. The lowest BCUT2D eigenvalue weighted by Gasteiger charge is -2.16. The molecule has 1 heterocycles. The summed E-state index contributed by atoms with van der Waals surface area (Å²) in [5, 5.41) is 2.55. The average molecular weight is 450 g/mol. The highest BCUT2D eigenvalue weighted by Gasteiger charge is 2.22. The van der Waals surface area contributed by atoms with Crippen LogP contribution in [0.15, 0.2) is 65.2 Å². The zero-order valence-electron chi connectivity index (χ0n) is 18.6. The number of carbonyl (C=O) groups excluding carboxylic acids is 3. The maximum absolute atomic E-state index is 12.2. The summed E-state index contributed by atoms with van der Waals surface area (Å²) in [5.74, 6) is -0.720. The van der Waals surface area contributed by atoms with Gasteiger partial charge in [0, 0.05) is 18.4 Å². The fourth-order valence-electron chi connectivity index (χ4n) is 3.13. The fourth-order valence-corrected chi connectivity index (χ4v) is 3.13. The van der Waals surface area contributed by atoms with E-state index in [0.717, 1.165) is 16.7 Å². The maximum atomic E-state index is 12.2. The lowest BCUT2D eigenvalue weighted by molar-refractivity contribution is -0.150. The number of nitrogens with zero attached hydrogens (tertiary/aromatic N) is 1. The number of esters is 2. The van der Waals surface area contributed by atoms with Crippen LogP contribution >= 0.6 is 0 Å². The van der Waals surface area contributed by atoms with Gasteiger partial charge < -0.3 is 19.2 Å². The highest BCUT2D eigenvalue weighted by atomic mass is 16.5. The van der Waals surface area contributed by atoms with Crippen molar-refractivity contribution < 1.29 is 28.3 Å². The molecule has 1 atom stereocenters. The fraction of sp³-hybridized carbons (Fsp3) is 0.280. The largest absolute Gasteiger partial charge is 0.467 e. The van der Waals surface area contributed by atoms with Crippen LogP contribution in [0.1, 0.15) is 23.4 Å². The molecule has 0 fully saturated rings. The number of hydrogen-bond donors (Lipinski definition) is 1. The van der Waals surface area contributed by atoms with E-state index in [1.807, 2.05) is 61.5 Å². The normalized spacial score (nSPS) is 11.5. The molecule has 3 aromatic rings. The molecule has 0 aliphatic carbocycles. The number of methoxy groups -OCH3 is 1. The quantitative estimate of drug-likeness (QED) is 0.473. The molecule has 1 unspecified atom stereocenters. The third-order valence-corrected chi connectivity index (χ3v) is 4.90. The Kier molecular flexibility index (Phi) is 8.35. The lowest BCUT2D eigenvalue weighted by Crippen LogP contribution is -2.44. The van der Waals surface area contributed by atoms with Gasteiger partial charge in [-0.1, -0.05) is 60.2 Å². The lowest BCUT2D eigenvalue weighted by atomic mass is 10.1. The van der Waals surface area contributed by atoms with Gasteiger partial charge in [0.15, 0.2) is 18.3 Å². The van der Waals surface area contributed by atoms with Gasteiger partial charge in [0.25, 0.3) is 5.91 Å². The summed E-state index contributed by atoms with van der Waals surface area (Å²) in [5.41, 5.74) is 2.90. The molecule has 8 nitrogen and oxygen atoms in total. The number of aromatic nitrogens is 1. The first-order valence-corrected chi connectivity index (χ1v) is 10.5. The van der Waals surface area contributed by atoms with Gasteiger partial charge in [-0.25, -0.2) is 9.78 Å². The molecule has 0 bridgehead atoms. The van der Waals surface area contributed by atoms with Crippen molar-refractivity contribution in [1.82, 2.24) is 10.3 Å². The van der Waals surface area contributed by atoms with Crippen molar-refractivity contribution in [2.24, 2.45) is 0 Å². The van der Waals surface area contributed by atoms with Gasteiger partial charge in [0.2, 0.25) is 0 Å². The molecule has 0 saturated carbocycles.